The Morgan fingerprint density at radius 1 is 0.750 bits per heavy atom. The van der Waals surface area contributed by atoms with Crippen molar-refractivity contribution in [3.05, 3.63) is 0 Å². The van der Waals surface area contributed by atoms with Crippen LogP contribution in [-0.2, 0) is 0 Å². The molecule has 48 valence electrons. The van der Waals surface area contributed by atoms with Crippen LogP contribution < -0.4 is 0 Å². The van der Waals surface area contributed by atoms with E-state index in [4.69, 9.17) is 0 Å². The van der Waals surface area contributed by atoms with Gasteiger partial charge in [0.2, 0.25) is 0 Å². The monoisotopic (exact) mass is 128 g/mol. The lowest BCUT2D eigenvalue weighted by Crippen LogP contribution is -1.70. The van der Waals surface area contributed by atoms with Gasteiger partial charge in [0.05, 0.1) is 0 Å². The van der Waals surface area contributed by atoms with E-state index in [-0.39, 0.29) is 11.0 Å². The molecule has 0 spiro atoms. The van der Waals surface area contributed by atoms with Gasteiger partial charge in [-0.25, -0.2) is 0 Å². The summed E-state index contributed by atoms with van der Waals surface area (Å²) in [5.74, 6) is 0. The summed E-state index contributed by atoms with van der Waals surface area (Å²) in [4.78, 5) is 0. The van der Waals surface area contributed by atoms with Gasteiger partial charge in [-0.3, -0.25) is 0 Å². The SMILES string of the molecule is CCCCCCC.[Si]. The zero-order valence-electron chi connectivity index (χ0n) is 6.04. The van der Waals surface area contributed by atoms with E-state index in [1.54, 1.807) is 0 Å². The summed E-state index contributed by atoms with van der Waals surface area (Å²) in [6, 6.07) is 0. The molecule has 0 saturated carbocycles. The van der Waals surface area contributed by atoms with Crippen LogP contribution in [0.25, 0.3) is 0 Å². The molecule has 0 saturated heterocycles. The first-order valence-corrected chi connectivity index (χ1v) is 3.41. The van der Waals surface area contributed by atoms with Crippen molar-refractivity contribution in [1.29, 1.82) is 0 Å². The highest BCUT2D eigenvalue weighted by molar-refractivity contribution is 5.75. The third-order valence-electron chi connectivity index (χ3n) is 1.21. The molecule has 0 aliphatic carbocycles. The summed E-state index contributed by atoms with van der Waals surface area (Å²) in [6.45, 7) is 4.49. The molecule has 0 aliphatic heterocycles. The first-order chi connectivity index (χ1) is 3.41. The Morgan fingerprint density at radius 3 is 1.38 bits per heavy atom. The van der Waals surface area contributed by atoms with Crippen molar-refractivity contribution < 1.29 is 0 Å². The van der Waals surface area contributed by atoms with Gasteiger partial charge in [-0.15, -0.1) is 0 Å². The summed E-state index contributed by atoms with van der Waals surface area (Å²) < 4.78 is 0. The van der Waals surface area contributed by atoms with Crippen molar-refractivity contribution in [2.45, 2.75) is 46.0 Å². The van der Waals surface area contributed by atoms with Crippen LogP contribution >= 0.6 is 0 Å². The van der Waals surface area contributed by atoms with E-state index in [0.29, 0.717) is 0 Å². The Morgan fingerprint density at radius 2 is 1.12 bits per heavy atom. The molecule has 0 rings (SSSR count). The predicted octanol–water partition coefficient (Wildman–Crippen LogP) is 2.60. The quantitative estimate of drug-likeness (QED) is 0.403. The molecular weight excluding hydrogens is 112 g/mol. The van der Waals surface area contributed by atoms with Crippen LogP contribution in [0.1, 0.15) is 46.0 Å². The largest absolute Gasteiger partial charge is 0.0654 e. The van der Waals surface area contributed by atoms with Gasteiger partial charge in [0.1, 0.15) is 0 Å². The van der Waals surface area contributed by atoms with Crippen molar-refractivity contribution in [3.63, 3.8) is 0 Å². The highest BCUT2D eigenvalue weighted by atomic mass is 28.1. The van der Waals surface area contributed by atoms with Gasteiger partial charge in [-0.2, -0.15) is 0 Å². The van der Waals surface area contributed by atoms with E-state index >= 15 is 0 Å². The molecule has 0 amide bonds. The van der Waals surface area contributed by atoms with Crippen molar-refractivity contribution in [2.24, 2.45) is 0 Å². The second-order valence-electron chi connectivity index (χ2n) is 2.06. The highest BCUT2D eigenvalue weighted by Gasteiger charge is 1.80. The molecule has 0 heterocycles. The summed E-state index contributed by atoms with van der Waals surface area (Å²) in [7, 11) is 0. The highest BCUT2D eigenvalue weighted by Crippen LogP contribution is 2.00. The van der Waals surface area contributed by atoms with E-state index in [0.717, 1.165) is 0 Å². The maximum atomic E-state index is 2.25. The minimum Gasteiger partial charge on any atom is -0.0654 e. The Bertz CT molecular complexity index is 23.6. The minimum absolute atomic E-state index is 0. The maximum absolute atomic E-state index is 2.25. The van der Waals surface area contributed by atoms with Crippen molar-refractivity contribution >= 4 is 11.0 Å². The molecule has 0 fully saturated rings. The van der Waals surface area contributed by atoms with E-state index in [2.05, 4.69) is 13.8 Å². The molecule has 0 bridgehead atoms. The van der Waals surface area contributed by atoms with Crippen LogP contribution in [0.4, 0.5) is 0 Å². The third kappa shape index (κ3) is 9.52. The van der Waals surface area contributed by atoms with Crippen LogP contribution in [0.15, 0.2) is 0 Å². The van der Waals surface area contributed by atoms with Crippen LogP contribution in [0.2, 0.25) is 0 Å². The average molecular weight is 128 g/mol. The van der Waals surface area contributed by atoms with Gasteiger partial charge in [-0.1, -0.05) is 46.0 Å². The molecule has 0 nitrogen and oxygen atoms in total. The van der Waals surface area contributed by atoms with E-state index in [1.807, 2.05) is 0 Å². The van der Waals surface area contributed by atoms with Crippen molar-refractivity contribution in [2.75, 3.05) is 0 Å². The topological polar surface area (TPSA) is 0 Å². The number of rotatable bonds is 4. The molecule has 0 aromatic carbocycles. The summed E-state index contributed by atoms with van der Waals surface area (Å²) >= 11 is 0. The van der Waals surface area contributed by atoms with Gasteiger partial charge in [0.15, 0.2) is 0 Å². The van der Waals surface area contributed by atoms with E-state index in [1.165, 1.54) is 32.1 Å². The average Bonchev–Trinajstić information content (AvgIpc) is 1.69. The first kappa shape index (κ1) is 11.1. The van der Waals surface area contributed by atoms with Crippen LogP contribution in [0.5, 0.6) is 0 Å². The van der Waals surface area contributed by atoms with Gasteiger partial charge >= 0.3 is 0 Å². The molecule has 0 aromatic heterocycles. The molecule has 0 N–H and O–H groups in total. The number of hydrogen-bond acceptors (Lipinski definition) is 0. The fourth-order valence-electron chi connectivity index (χ4n) is 0.677. The first-order valence-electron chi connectivity index (χ1n) is 3.41. The lowest BCUT2D eigenvalue weighted by Gasteiger charge is -1.90. The third-order valence-corrected chi connectivity index (χ3v) is 1.21. The Labute approximate surface area is 57.7 Å². The van der Waals surface area contributed by atoms with Gasteiger partial charge in [0, 0.05) is 11.0 Å². The van der Waals surface area contributed by atoms with Crippen LogP contribution in [-0.4, -0.2) is 11.0 Å². The molecule has 0 aliphatic rings. The van der Waals surface area contributed by atoms with Crippen LogP contribution in [0, 0.1) is 0 Å². The fourth-order valence-corrected chi connectivity index (χ4v) is 0.677. The molecule has 4 radical (unpaired) electrons. The van der Waals surface area contributed by atoms with Gasteiger partial charge < -0.3 is 0 Å². The zero-order chi connectivity index (χ0) is 5.54. The van der Waals surface area contributed by atoms with Gasteiger partial charge in [-0.05, 0) is 0 Å². The smallest absolute Gasteiger partial charge is 0 e. The lowest BCUT2D eigenvalue weighted by atomic mass is 10.2. The molecule has 0 atom stereocenters. The normalized spacial score (nSPS) is 8.25. The standard InChI is InChI=1S/C7H16.Si/c1-3-5-7-6-4-2;/h3-7H2,1-2H3;. The van der Waals surface area contributed by atoms with E-state index in [9.17, 15) is 0 Å². The lowest BCUT2D eigenvalue weighted by molar-refractivity contribution is 0.656. The predicted molar refractivity (Wildman–Crippen MR) is 40.2 cm³/mol. The van der Waals surface area contributed by atoms with Gasteiger partial charge in [0.25, 0.3) is 0 Å². The molecule has 0 aromatic rings. The summed E-state index contributed by atoms with van der Waals surface area (Å²) in [6.07, 6.45) is 7.01. The Kier molecular flexibility index (Phi) is 14.2. The summed E-state index contributed by atoms with van der Waals surface area (Å²) in [5, 5.41) is 0. The van der Waals surface area contributed by atoms with Crippen LogP contribution in [0.3, 0.4) is 0 Å². The fraction of sp³-hybridized carbons (Fsp3) is 1.00. The maximum Gasteiger partial charge on any atom is 0 e. The summed E-state index contributed by atoms with van der Waals surface area (Å²) in [5.41, 5.74) is 0. The minimum atomic E-state index is 0. The van der Waals surface area contributed by atoms with E-state index < -0.39 is 0 Å². The molecule has 1 heteroatoms. The zero-order valence-corrected chi connectivity index (χ0v) is 7.04. The van der Waals surface area contributed by atoms with Crippen molar-refractivity contribution in [1.82, 2.24) is 0 Å². The molecule has 0 unspecified atom stereocenters. The second-order valence-corrected chi connectivity index (χ2v) is 2.06. The molecule has 8 heavy (non-hydrogen) atoms. The Balaban J connectivity index is 0. The number of unbranched alkanes of at least 4 members (excludes halogenated alkanes) is 4. The second kappa shape index (κ2) is 10.2. The van der Waals surface area contributed by atoms with Crippen molar-refractivity contribution in [3.8, 4) is 0 Å². The Hall–Kier alpha value is 0.217. The number of hydrogen-bond donors (Lipinski definition) is 0. The molecular formula is C7H16Si.